The van der Waals surface area contributed by atoms with Gasteiger partial charge in [-0.1, -0.05) is 12.1 Å². The van der Waals surface area contributed by atoms with Gasteiger partial charge in [-0.3, -0.25) is 14.4 Å². The molecule has 0 atom stereocenters. The average Bonchev–Trinajstić information content (AvgIpc) is 2.59. The molecule has 0 saturated carbocycles. The lowest BCUT2D eigenvalue weighted by molar-refractivity contribution is -0.137. The van der Waals surface area contributed by atoms with Crippen molar-refractivity contribution in [2.45, 2.75) is 26.3 Å². The second-order valence-corrected chi connectivity index (χ2v) is 5.65. The van der Waals surface area contributed by atoms with E-state index in [4.69, 9.17) is 4.74 Å². The van der Waals surface area contributed by atoms with Crippen molar-refractivity contribution in [1.82, 2.24) is 10.2 Å². The highest BCUT2D eigenvalue weighted by Crippen LogP contribution is 2.09. The van der Waals surface area contributed by atoms with Gasteiger partial charge in [-0.15, -0.1) is 0 Å². The topological polar surface area (TPSA) is 87.7 Å². The Labute approximate surface area is 141 Å². The molecule has 1 aliphatic heterocycles. The molecule has 1 aliphatic rings. The molecule has 0 bridgehead atoms. The number of amides is 3. The zero-order chi connectivity index (χ0) is 17.4. The third-order valence-corrected chi connectivity index (χ3v) is 3.69. The normalized spacial score (nSPS) is 14.1. The molecule has 1 saturated heterocycles. The number of hydrogen-bond donors (Lipinski definition) is 2. The van der Waals surface area contributed by atoms with E-state index in [1.807, 2.05) is 12.1 Å². The molecule has 1 aromatic carbocycles. The highest BCUT2D eigenvalue weighted by atomic mass is 16.5. The lowest BCUT2D eigenvalue weighted by Crippen LogP contribution is -2.41. The number of rotatable bonds is 6. The maximum Gasteiger partial charge on any atom is 0.223 e. The van der Waals surface area contributed by atoms with Gasteiger partial charge in [0, 0.05) is 45.1 Å². The summed E-state index contributed by atoms with van der Waals surface area (Å²) in [5.74, 6) is -0.281. The van der Waals surface area contributed by atoms with Crippen molar-refractivity contribution in [2.24, 2.45) is 0 Å². The number of hydrogen-bond acceptors (Lipinski definition) is 4. The van der Waals surface area contributed by atoms with E-state index in [2.05, 4.69) is 10.6 Å². The third kappa shape index (κ3) is 6.00. The monoisotopic (exact) mass is 333 g/mol. The summed E-state index contributed by atoms with van der Waals surface area (Å²) < 4.78 is 5.20. The fourth-order valence-corrected chi connectivity index (χ4v) is 2.39. The van der Waals surface area contributed by atoms with Gasteiger partial charge in [0.1, 0.15) is 0 Å². The lowest BCUT2D eigenvalue weighted by atomic mass is 10.2. The van der Waals surface area contributed by atoms with Crippen molar-refractivity contribution in [2.75, 3.05) is 31.6 Å². The number of carbonyl (C=O) groups excluding carboxylic acids is 3. The van der Waals surface area contributed by atoms with Crippen LogP contribution < -0.4 is 10.6 Å². The fraction of sp³-hybridized carbons (Fsp3) is 0.471. The Balaban J connectivity index is 1.68. The largest absolute Gasteiger partial charge is 0.378 e. The highest BCUT2D eigenvalue weighted by molar-refractivity contribution is 5.88. The first kappa shape index (κ1) is 17.9. The molecule has 7 heteroatoms. The van der Waals surface area contributed by atoms with Crippen molar-refractivity contribution in [3.63, 3.8) is 0 Å². The van der Waals surface area contributed by atoms with Crippen molar-refractivity contribution in [3.8, 4) is 0 Å². The van der Waals surface area contributed by atoms with E-state index < -0.39 is 0 Å². The molecule has 2 N–H and O–H groups in total. The van der Waals surface area contributed by atoms with Crippen LogP contribution in [0.25, 0.3) is 0 Å². The van der Waals surface area contributed by atoms with E-state index in [1.54, 1.807) is 17.0 Å². The minimum Gasteiger partial charge on any atom is -0.378 e. The standard InChI is InChI=1S/C17H23N3O4/c1-13(21)19-15-4-2-14(3-5-15)12-18-16(22)6-7-17(23)20-8-10-24-11-9-20/h2-5H,6-12H2,1H3,(H,18,22)(H,19,21). The second-order valence-electron chi connectivity index (χ2n) is 5.65. The molecule has 0 radical (unpaired) electrons. The molecule has 1 aromatic rings. The second kappa shape index (κ2) is 9.02. The summed E-state index contributed by atoms with van der Waals surface area (Å²) in [5, 5.41) is 5.48. The Bertz CT molecular complexity index is 580. The van der Waals surface area contributed by atoms with Crippen molar-refractivity contribution in [1.29, 1.82) is 0 Å². The summed E-state index contributed by atoms with van der Waals surface area (Å²) >= 11 is 0. The van der Waals surface area contributed by atoms with Gasteiger partial charge in [0.2, 0.25) is 17.7 Å². The zero-order valence-electron chi connectivity index (χ0n) is 13.8. The molecule has 7 nitrogen and oxygen atoms in total. The molecular weight excluding hydrogens is 310 g/mol. The van der Waals surface area contributed by atoms with E-state index in [0.717, 1.165) is 5.56 Å². The van der Waals surface area contributed by atoms with Crippen LogP contribution in [0.3, 0.4) is 0 Å². The van der Waals surface area contributed by atoms with Crippen LogP contribution in [0.1, 0.15) is 25.3 Å². The van der Waals surface area contributed by atoms with Gasteiger partial charge in [-0.25, -0.2) is 0 Å². The van der Waals surface area contributed by atoms with E-state index in [1.165, 1.54) is 6.92 Å². The van der Waals surface area contributed by atoms with Gasteiger partial charge in [-0.2, -0.15) is 0 Å². The van der Waals surface area contributed by atoms with Gasteiger partial charge < -0.3 is 20.3 Å². The number of nitrogens with zero attached hydrogens (tertiary/aromatic N) is 1. The number of carbonyl (C=O) groups is 3. The molecule has 3 amide bonds. The summed E-state index contributed by atoms with van der Waals surface area (Å²) in [6.45, 7) is 4.16. The predicted octanol–water partition coefficient (Wildman–Crippen LogP) is 0.900. The molecule has 0 aromatic heterocycles. The zero-order valence-corrected chi connectivity index (χ0v) is 13.8. The number of anilines is 1. The fourth-order valence-electron chi connectivity index (χ4n) is 2.39. The van der Waals surface area contributed by atoms with E-state index in [0.29, 0.717) is 38.5 Å². The first-order valence-corrected chi connectivity index (χ1v) is 8.03. The molecule has 130 valence electrons. The van der Waals surface area contributed by atoms with Crippen molar-refractivity contribution < 1.29 is 19.1 Å². The van der Waals surface area contributed by atoms with Gasteiger partial charge in [0.25, 0.3) is 0 Å². The summed E-state index contributed by atoms with van der Waals surface area (Å²) in [7, 11) is 0. The van der Waals surface area contributed by atoms with Crippen molar-refractivity contribution in [3.05, 3.63) is 29.8 Å². The van der Waals surface area contributed by atoms with E-state index in [-0.39, 0.29) is 30.6 Å². The van der Waals surface area contributed by atoms with E-state index in [9.17, 15) is 14.4 Å². The van der Waals surface area contributed by atoms with Crippen molar-refractivity contribution >= 4 is 23.4 Å². The molecule has 0 aliphatic carbocycles. The van der Waals surface area contributed by atoms with Crippen LogP contribution in [0.4, 0.5) is 5.69 Å². The average molecular weight is 333 g/mol. The lowest BCUT2D eigenvalue weighted by Gasteiger charge is -2.26. The SMILES string of the molecule is CC(=O)Nc1ccc(CNC(=O)CCC(=O)N2CCOCC2)cc1. The molecule has 1 heterocycles. The van der Waals surface area contributed by atoms with Crippen LogP contribution in [0, 0.1) is 0 Å². The van der Waals surface area contributed by atoms with Gasteiger partial charge in [0.15, 0.2) is 0 Å². The molecule has 24 heavy (non-hydrogen) atoms. The molecule has 2 rings (SSSR count). The minimum absolute atomic E-state index is 0.00638. The Kier molecular flexibility index (Phi) is 6.74. The highest BCUT2D eigenvalue weighted by Gasteiger charge is 2.17. The third-order valence-electron chi connectivity index (χ3n) is 3.69. The van der Waals surface area contributed by atoms with Crippen LogP contribution in [0.5, 0.6) is 0 Å². The van der Waals surface area contributed by atoms with Gasteiger partial charge >= 0.3 is 0 Å². The minimum atomic E-state index is -0.150. The number of benzene rings is 1. The van der Waals surface area contributed by atoms with Gasteiger partial charge in [-0.05, 0) is 17.7 Å². The quantitative estimate of drug-likeness (QED) is 0.810. The van der Waals surface area contributed by atoms with Gasteiger partial charge in [0.05, 0.1) is 13.2 Å². The van der Waals surface area contributed by atoms with Crippen LogP contribution in [-0.4, -0.2) is 48.9 Å². The Morgan fingerprint density at radius 2 is 1.75 bits per heavy atom. The first-order chi connectivity index (χ1) is 11.5. The summed E-state index contributed by atoms with van der Waals surface area (Å²) in [5.41, 5.74) is 1.64. The van der Waals surface area contributed by atoms with E-state index >= 15 is 0 Å². The van der Waals surface area contributed by atoms with Crippen LogP contribution in [0.15, 0.2) is 24.3 Å². The first-order valence-electron chi connectivity index (χ1n) is 8.03. The Hall–Kier alpha value is -2.41. The summed E-state index contributed by atoms with van der Waals surface area (Å²) in [6, 6.07) is 7.24. The Morgan fingerprint density at radius 1 is 1.08 bits per heavy atom. The van der Waals surface area contributed by atoms with Crippen LogP contribution >= 0.6 is 0 Å². The molecule has 0 spiro atoms. The molecular formula is C17H23N3O4. The number of ether oxygens (including phenoxy) is 1. The van der Waals surface area contributed by atoms with Crippen LogP contribution in [0.2, 0.25) is 0 Å². The maximum absolute atomic E-state index is 12.0. The molecule has 0 unspecified atom stereocenters. The maximum atomic E-state index is 12.0. The van der Waals surface area contributed by atoms with Crippen LogP contribution in [-0.2, 0) is 25.7 Å². The summed E-state index contributed by atoms with van der Waals surface area (Å²) in [6.07, 6.45) is 0.396. The smallest absolute Gasteiger partial charge is 0.223 e. The molecule has 1 fully saturated rings. The number of morpholine rings is 1. The summed E-state index contributed by atoms with van der Waals surface area (Å²) in [4.78, 5) is 36.5. The Morgan fingerprint density at radius 3 is 2.38 bits per heavy atom. The predicted molar refractivity (Wildman–Crippen MR) is 89.2 cm³/mol. The number of nitrogens with one attached hydrogen (secondary N) is 2.